The molecule has 1 aliphatic rings. The minimum Gasteiger partial charge on any atom is -0.350 e. The van der Waals surface area contributed by atoms with Crippen LogP contribution in [0.1, 0.15) is 30.3 Å². The van der Waals surface area contributed by atoms with Gasteiger partial charge in [0.1, 0.15) is 5.82 Å². The Morgan fingerprint density at radius 1 is 1.20 bits per heavy atom. The lowest BCUT2D eigenvalue weighted by atomic mass is 9.97. The molecule has 1 N–H and O–H groups in total. The van der Waals surface area contributed by atoms with Crippen molar-refractivity contribution in [3.63, 3.8) is 0 Å². The first-order valence-corrected chi connectivity index (χ1v) is 8.34. The summed E-state index contributed by atoms with van der Waals surface area (Å²) >= 11 is 0. The normalized spacial score (nSPS) is 16.2. The standard InChI is InChI=1S/C18H18N6O/c25-18(21-12-14-11-19-8-9-20-14)15-7-4-10-24-16(22-23-17(15)24)13-5-2-1-3-6-13/h1-3,5-6,8-9,11,15H,4,7,10,12H2,(H,21,25). The van der Waals surface area contributed by atoms with Crippen LogP contribution in [0, 0.1) is 0 Å². The Hall–Kier alpha value is -3.09. The maximum Gasteiger partial charge on any atom is 0.231 e. The van der Waals surface area contributed by atoms with Crippen LogP contribution in [-0.4, -0.2) is 30.6 Å². The van der Waals surface area contributed by atoms with E-state index >= 15 is 0 Å². The van der Waals surface area contributed by atoms with Crippen molar-refractivity contribution in [3.05, 3.63) is 60.4 Å². The second-order valence-corrected chi connectivity index (χ2v) is 6.01. The number of nitrogens with one attached hydrogen (secondary N) is 1. The van der Waals surface area contributed by atoms with Crippen LogP contribution in [0.2, 0.25) is 0 Å². The lowest BCUT2D eigenvalue weighted by Crippen LogP contribution is -2.33. The van der Waals surface area contributed by atoms with Crippen molar-refractivity contribution >= 4 is 5.91 Å². The number of amides is 1. The van der Waals surface area contributed by atoms with Gasteiger partial charge in [0.15, 0.2) is 5.82 Å². The molecule has 3 aromatic rings. The van der Waals surface area contributed by atoms with Gasteiger partial charge in [-0.25, -0.2) is 0 Å². The molecular weight excluding hydrogens is 316 g/mol. The van der Waals surface area contributed by atoms with Crippen LogP contribution in [0.3, 0.4) is 0 Å². The second-order valence-electron chi connectivity index (χ2n) is 6.01. The van der Waals surface area contributed by atoms with Gasteiger partial charge in [0.2, 0.25) is 5.91 Å². The van der Waals surface area contributed by atoms with E-state index in [1.807, 2.05) is 30.3 Å². The van der Waals surface area contributed by atoms with Gasteiger partial charge in [-0.1, -0.05) is 30.3 Å². The second kappa shape index (κ2) is 6.80. The third kappa shape index (κ3) is 3.13. The maximum absolute atomic E-state index is 12.6. The van der Waals surface area contributed by atoms with Gasteiger partial charge in [-0.05, 0) is 12.8 Å². The minimum absolute atomic E-state index is 0.0429. The highest BCUT2D eigenvalue weighted by Crippen LogP contribution is 2.30. The average molecular weight is 334 g/mol. The number of rotatable bonds is 4. The number of carbonyl (C=O) groups is 1. The van der Waals surface area contributed by atoms with Crippen molar-refractivity contribution in [1.82, 2.24) is 30.0 Å². The fraction of sp³-hybridized carbons (Fsp3) is 0.278. The zero-order valence-corrected chi connectivity index (χ0v) is 13.7. The van der Waals surface area contributed by atoms with E-state index in [-0.39, 0.29) is 11.8 Å². The van der Waals surface area contributed by atoms with Crippen LogP contribution in [0.25, 0.3) is 11.4 Å². The molecular formula is C18H18N6O. The van der Waals surface area contributed by atoms with E-state index in [4.69, 9.17) is 0 Å². The van der Waals surface area contributed by atoms with Crippen LogP contribution in [0.5, 0.6) is 0 Å². The number of hydrogen-bond acceptors (Lipinski definition) is 5. The van der Waals surface area contributed by atoms with Gasteiger partial charge >= 0.3 is 0 Å². The highest BCUT2D eigenvalue weighted by Gasteiger charge is 2.30. The molecule has 0 fully saturated rings. The summed E-state index contributed by atoms with van der Waals surface area (Å²) in [6.45, 7) is 1.20. The number of nitrogens with zero attached hydrogens (tertiary/aromatic N) is 5. The van der Waals surface area contributed by atoms with Gasteiger partial charge in [0.25, 0.3) is 0 Å². The van der Waals surface area contributed by atoms with Crippen LogP contribution in [0.15, 0.2) is 48.9 Å². The third-order valence-corrected chi connectivity index (χ3v) is 4.37. The van der Waals surface area contributed by atoms with Gasteiger partial charge in [0, 0.05) is 24.5 Å². The SMILES string of the molecule is O=C(NCc1cnccn1)C1CCCn2c(-c3ccccc3)nnc21. The molecule has 0 bridgehead atoms. The van der Waals surface area contributed by atoms with Crippen molar-refractivity contribution in [2.24, 2.45) is 0 Å². The highest BCUT2D eigenvalue weighted by molar-refractivity contribution is 5.83. The first kappa shape index (κ1) is 15.4. The summed E-state index contributed by atoms with van der Waals surface area (Å²) in [5.74, 6) is 1.23. The lowest BCUT2D eigenvalue weighted by Gasteiger charge is -2.23. The van der Waals surface area contributed by atoms with E-state index in [1.165, 1.54) is 0 Å². The van der Waals surface area contributed by atoms with Gasteiger partial charge in [-0.2, -0.15) is 0 Å². The van der Waals surface area contributed by atoms with Crippen LogP contribution >= 0.6 is 0 Å². The molecule has 4 rings (SSSR count). The average Bonchev–Trinajstić information content (AvgIpc) is 3.12. The molecule has 1 aromatic carbocycles. The van der Waals surface area contributed by atoms with Crippen molar-refractivity contribution in [2.75, 3.05) is 0 Å². The molecule has 0 spiro atoms. The van der Waals surface area contributed by atoms with Gasteiger partial charge in [0.05, 0.1) is 24.4 Å². The number of aromatic nitrogens is 5. The Morgan fingerprint density at radius 3 is 2.88 bits per heavy atom. The number of benzene rings is 1. The summed E-state index contributed by atoms with van der Waals surface area (Å²) in [5.41, 5.74) is 1.75. The van der Waals surface area contributed by atoms with E-state index in [9.17, 15) is 4.79 Å². The highest BCUT2D eigenvalue weighted by atomic mass is 16.1. The summed E-state index contributed by atoms with van der Waals surface area (Å²) in [4.78, 5) is 20.8. The molecule has 0 saturated heterocycles. The molecule has 126 valence electrons. The molecule has 25 heavy (non-hydrogen) atoms. The van der Waals surface area contributed by atoms with E-state index in [1.54, 1.807) is 18.6 Å². The van der Waals surface area contributed by atoms with Crippen LogP contribution < -0.4 is 5.32 Å². The summed E-state index contributed by atoms with van der Waals surface area (Å²) in [7, 11) is 0. The first-order chi connectivity index (χ1) is 12.3. The van der Waals surface area contributed by atoms with E-state index in [0.29, 0.717) is 6.54 Å². The molecule has 1 atom stereocenters. The summed E-state index contributed by atoms with van der Waals surface area (Å²) in [6, 6.07) is 9.94. The van der Waals surface area contributed by atoms with Crippen LogP contribution in [-0.2, 0) is 17.9 Å². The fourth-order valence-corrected chi connectivity index (χ4v) is 3.15. The number of carbonyl (C=O) groups excluding carboxylic acids is 1. The molecule has 0 radical (unpaired) electrons. The molecule has 2 aromatic heterocycles. The van der Waals surface area contributed by atoms with Crippen molar-refractivity contribution in [3.8, 4) is 11.4 Å². The number of fused-ring (bicyclic) bond motifs is 1. The van der Waals surface area contributed by atoms with E-state index in [2.05, 4.69) is 30.0 Å². The fourth-order valence-electron chi connectivity index (χ4n) is 3.15. The smallest absolute Gasteiger partial charge is 0.231 e. The monoisotopic (exact) mass is 334 g/mol. The lowest BCUT2D eigenvalue weighted by molar-refractivity contribution is -0.123. The predicted octanol–water partition coefficient (Wildman–Crippen LogP) is 1.93. The molecule has 7 nitrogen and oxygen atoms in total. The Balaban J connectivity index is 1.54. The van der Waals surface area contributed by atoms with E-state index < -0.39 is 0 Å². The Kier molecular flexibility index (Phi) is 4.20. The Morgan fingerprint density at radius 2 is 2.08 bits per heavy atom. The zero-order valence-electron chi connectivity index (χ0n) is 13.7. The molecule has 3 heterocycles. The summed E-state index contributed by atoms with van der Waals surface area (Å²) in [5, 5.41) is 11.6. The van der Waals surface area contributed by atoms with Crippen molar-refractivity contribution < 1.29 is 4.79 Å². The Labute approximate surface area is 145 Å². The molecule has 0 saturated carbocycles. The number of hydrogen-bond donors (Lipinski definition) is 1. The zero-order chi connectivity index (χ0) is 17.1. The molecule has 1 unspecified atom stereocenters. The van der Waals surface area contributed by atoms with Gasteiger partial charge in [-0.15, -0.1) is 10.2 Å². The predicted molar refractivity (Wildman–Crippen MR) is 91.3 cm³/mol. The first-order valence-electron chi connectivity index (χ1n) is 8.34. The van der Waals surface area contributed by atoms with Crippen molar-refractivity contribution in [1.29, 1.82) is 0 Å². The van der Waals surface area contributed by atoms with Crippen molar-refractivity contribution in [2.45, 2.75) is 31.8 Å². The summed E-state index contributed by atoms with van der Waals surface area (Å²) < 4.78 is 2.06. The molecule has 1 aliphatic heterocycles. The van der Waals surface area contributed by atoms with Gasteiger partial charge < -0.3 is 9.88 Å². The largest absolute Gasteiger partial charge is 0.350 e. The van der Waals surface area contributed by atoms with Crippen LogP contribution in [0.4, 0.5) is 0 Å². The van der Waals surface area contributed by atoms with E-state index in [0.717, 1.165) is 42.3 Å². The molecule has 7 heteroatoms. The Bertz CT molecular complexity index is 862. The molecule has 0 aliphatic carbocycles. The maximum atomic E-state index is 12.6. The third-order valence-electron chi connectivity index (χ3n) is 4.37. The minimum atomic E-state index is -0.282. The van der Waals surface area contributed by atoms with Gasteiger partial charge in [-0.3, -0.25) is 14.8 Å². The summed E-state index contributed by atoms with van der Waals surface area (Å²) in [6.07, 6.45) is 6.58. The quantitative estimate of drug-likeness (QED) is 0.788. The molecule has 1 amide bonds. The topological polar surface area (TPSA) is 85.6 Å².